The summed E-state index contributed by atoms with van der Waals surface area (Å²) in [5.74, 6) is 0. The first-order valence-corrected chi connectivity index (χ1v) is 6.10. The van der Waals surface area contributed by atoms with Crippen LogP contribution in [0.3, 0.4) is 0 Å². The maximum atomic E-state index is 5.94. The second kappa shape index (κ2) is 5.31. The van der Waals surface area contributed by atoms with Gasteiger partial charge in [0.2, 0.25) is 0 Å². The van der Waals surface area contributed by atoms with Gasteiger partial charge < -0.3 is 4.74 Å². The summed E-state index contributed by atoms with van der Waals surface area (Å²) in [7, 11) is 0. The largest absolute Gasteiger partial charge is 0.369 e. The first kappa shape index (κ1) is 11.4. The number of benzene rings is 1. The Bertz CT molecular complexity index is 375. The van der Waals surface area contributed by atoms with Gasteiger partial charge in [-0.05, 0) is 44.2 Å². The van der Waals surface area contributed by atoms with E-state index in [1.807, 2.05) is 0 Å². The average Bonchev–Trinajstić information content (AvgIpc) is 2.29. The van der Waals surface area contributed by atoms with Crippen LogP contribution in [-0.2, 0) is 11.2 Å². The lowest BCUT2D eigenvalue weighted by molar-refractivity contribution is 0.0606. The molecule has 1 aliphatic rings. The molecule has 0 saturated carbocycles. The normalized spacial score (nSPS) is 19.0. The standard InChI is InChI=1S/C15H20O/c1-12(2)10-11-16-15-9-5-7-13-6-3-4-8-14(13)15/h3-4,6,8,10,15H,5,7,9,11H2,1-2H3. The molecule has 0 aromatic heterocycles. The molecule has 1 heteroatoms. The summed E-state index contributed by atoms with van der Waals surface area (Å²) in [6.45, 7) is 4.96. The number of fused-ring (bicyclic) bond motifs is 1. The molecule has 0 saturated heterocycles. The zero-order valence-electron chi connectivity index (χ0n) is 10.2. The maximum absolute atomic E-state index is 5.94. The summed E-state index contributed by atoms with van der Waals surface area (Å²) in [5, 5.41) is 0. The second-order valence-electron chi connectivity index (χ2n) is 4.69. The Balaban J connectivity index is 2.04. The second-order valence-corrected chi connectivity index (χ2v) is 4.69. The van der Waals surface area contributed by atoms with E-state index in [-0.39, 0.29) is 0 Å². The van der Waals surface area contributed by atoms with Gasteiger partial charge in [-0.3, -0.25) is 0 Å². The lowest BCUT2D eigenvalue weighted by Gasteiger charge is -2.25. The summed E-state index contributed by atoms with van der Waals surface area (Å²) in [6, 6.07) is 8.67. The van der Waals surface area contributed by atoms with Crippen molar-refractivity contribution < 1.29 is 4.74 Å². The minimum Gasteiger partial charge on any atom is -0.369 e. The number of rotatable bonds is 3. The molecular weight excluding hydrogens is 196 g/mol. The van der Waals surface area contributed by atoms with Crippen molar-refractivity contribution in [1.29, 1.82) is 0 Å². The smallest absolute Gasteiger partial charge is 0.0832 e. The van der Waals surface area contributed by atoms with Crippen LogP contribution in [0.2, 0.25) is 0 Å². The van der Waals surface area contributed by atoms with Crippen molar-refractivity contribution in [2.45, 2.75) is 39.2 Å². The lowest BCUT2D eigenvalue weighted by atomic mass is 9.89. The van der Waals surface area contributed by atoms with Gasteiger partial charge in [0.05, 0.1) is 12.7 Å². The molecule has 0 bridgehead atoms. The molecule has 1 aromatic carbocycles. The van der Waals surface area contributed by atoms with Crippen LogP contribution in [-0.4, -0.2) is 6.61 Å². The molecule has 0 N–H and O–H groups in total. The third kappa shape index (κ3) is 2.73. The molecule has 16 heavy (non-hydrogen) atoms. The summed E-state index contributed by atoms with van der Waals surface area (Å²) in [6.07, 6.45) is 6.07. The molecular formula is C15H20O. The fraction of sp³-hybridized carbons (Fsp3) is 0.467. The van der Waals surface area contributed by atoms with Crippen molar-refractivity contribution in [3.05, 3.63) is 47.0 Å². The molecule has 1 atom stereocenters. The van der Waals surface area contributed by atoms with E-state index in [1.54, 1.807) is 0 Å². The van der Waals surface area contributed by atoms with Gasteiger partial charge in [-0.2, -0.15) is 0 Å². The van der Waals surface area contributed by atoms with E-state index in [2.05, 4.69) is 44.2 Å². The molecule has 1 aliphatic carbocycles. The Morgan fingerprint density at radius 3 is 3.00 bits per heavy atom. The van der Waals surface area contributed by atoms with Gasteiger partial charge in [-0.1, -0.05) is 35.9 Å². The fourth-order valence-corrected chi connectivity index (χ4v) is 2.21. The molecule has 0 fully saturated rings. The van der Waals surface area contributed by atoms with Crippen molar-refractivity contribution in [1.82, 2.24) is 0 Å². The van der Waals surface area contributed by atoms with Gasteiger partial charge in [0.15, 0.2) is 0 Å². The van der Waals surface area contributed by atoms with Crippen LogP contribution >= 0.6 is 0 Å². The highest BCUT2D eigenvalue weighted by atomic mass is 16.5. The summed E-state index contributed by atoms with van der Waals surface area (Å²) in [5.41, 5.74) is 4.19. The van der Waals surface area contributed by atoms with E-state index in [0.29, 0.717) is 6.10 Å². The predicted octanol–water partition coefficient (Wildman–Crippen LogP) is 4.05. The van der Waals surface area contributed by atoms with Gasteiger partial charge in [-0.15, -0.1) is 0 Å². The van der Waals surface area contributed by atoms with E-state index >= 15 is 0 Å². The lowest BCUT2D eigenvalue weighted by Crippen LogP contribution is -2.12. The van der Waals surface area contributed by atoms with Crippen molar-refractivity contribution in [3.63, 3.8) is 0 Å². The summed E-state index contributed by atoms with van der Waals surface area (Å²) >= 11 is 0. The van der Waals surface area contributed by atoms with E-state index in [9.17, 15) is 0 Å². The van der Waals surface area contributed by atoms with Crippen molar-refractivity contribution >= 4 is 0 Å². The van der Waals surface area contributed by atoms with Gasteiger partial charge >= 0.3 is 0 Å². The Hall–Kier alpha value is -1.08. The molecule has 2 rings (SSSR count). The van der Waals surface area contributed by atoms with E-state index in [0.717, 1.165) is 13.0 Å². The number of allylic oxidation sites excluding steroid dienone is 1. The van der Waals surface area contributed by atoms with Crippen molar-refractivity contribution in [2.75, 3.05) is 6.61 Å². The minimum absolute atomic E-state index is 0.306. The maximum Gasteiger partial charge on any atom is 0.0832 e. The van der Waals surface area contributed by atoms with Gasteiger partial charge in [0.25, 0.3) is 0 Å². The van der Waals surface area contributed by atoms with Crippen LogP contribution < -0.4 is 0 Å². The Morgan fingerprint density at radius 1 is 1.38 bits per heavy atom. The van der Waals surface area contributed by atoms with Crippen LogP contribution in [0.5, 0.6) is 0 Å². The van der Waals surface area contributed by atoms with Gasteiger partial charge in [-0.25, -0.2) is 0 Å². The monoisotopic (exact) mass is 216 g/mol. The van der Waals surface area contributed by atoms with E-state index in [4.69, 9.17) is 4.74 Å². The summed E-state index contributed by atoms with van der Waals surface area (Å²) < 4.78 is 5.94. The van der Waals surface area contributed by atoms with Crippen LogP contribution in [0.1, 0.15) is 43.9 Å². The van der Waals surface area contributed by atoms with Crippen molar-refractivity contribution in [2.24, 2.45) is 0 Å². The molecule has 1 unspecified atom stereocenters. The Morgan fingerprint density at radius 2 is 2.19 bits per heavy atom. The fourth-order valence-electron chi connectivity index (χ4n) is 2.21. The SMILES string of the molecule is CC(C)=CCOC1CCCc2ccccc21. The Labute approximate surface area is 98.1 Å². The van der Waals surface area contributed by atoms with Gasteiger partial charge in [0.1, 0.15) is 0 Å². The molecule has 0 spiro atoms. The molecule has 0 amide bonds. The third-order valence-corrected chi connectivity index (χ3v) is 3.10. The summed E-state index contributed by atoms with van der Waals surface area (Å²) in [4.78, 5) is 0. The third-order valence-electron chi connectivity index (χ3n) is 3.10. The molecule has 86 valence electrons. The number of hydrogen-bond donors (Lipinski definition) is 0. The highest BCUT2D eigenvalue weighted by molar-refractivity contribution is 5.31. The minimum atomic E-state index is 0.306. The molecule has 0 aliphatic heterocycles. The van der Waals surface area contributed by atoms with Gasteiger partial charge in [0, 0.05) is 0 Å². The zero-order chi connectivity index (χ0) is 11.4. The molecule has 1 nitrogen and oxygen atoms in total. The van der Waals surface area contributed by atoms with E-state index in [1.165, 1.54) is 29.5 Å². The highest BCUT2D eigenvalue weighted by Crippen LogP contribution is 2.32. The molecule has 1 aromatic rings. The van der Waals surface area contributed by atoms with Crippen LogP contribution in [0.15, 0.2) is 35.9 Å². The zero-order valence-corrected chi connectivity index (χ0v) is 10.2. The number of hydrogen-bond acceptors (Lipinski definition) is 1. The van der Waals surface area contributed by atoms with Crippen molar-refractivity contribution in [3.8, 4) is 0 Å². The van der Waals surface area contributed by atoms with Crippen LogP contribution in [0.25, 0.3) is 0 Å². The Kier molecular flexibility index (Phi) is 3.79. The topological polar surface area (TPSA) is 9.23 Å². The number of aryl methyl sites for hydroxylation is 1. The first-order chi connectivity index (χ1) is 7.77. The quantitative estimate of drug-likeness (QED) is 0.693. The average molecular weight is 216 g/mol. The number of ether oxygens (including phenoxy) is 1. The van der Waals surface area contributed by atoms with Crippen LogP contribution in [0.4, 0.5) is 0 Å². The molecule has 0 heterocycles. The van der Waals surface area contributed by atoms with E-state index < -0.39 is 0 Å². The predicted molar refractivity (Wildman–Crippen MR) is 67.5 cm³/mol. The first-order valence-electron chi connectivity index (χ1n) is 6.10. The highest BCUT2D eigenvalue weighted by Gasteiger charge is 2.19. The molecule has 0 radical (unpaired) electrons. The van der Waals surface area contributed by atoms with Crippen LogP contribution in [0, 0.1) is 0 Å².